The molecule has 0 aliphatic carbocycles. The molecule has 1 N–H and O–H groups in total. The Morgan fingerprint density at radius 2 is 1.91 bits per heavy atom. The number of carbonyl (C=O) groups is 1. The lowest BCUT2D eigenvalue weighted by Gasteiger charge is -2.32. The maximum absolute atomic E-state index is 11.6. The molecule has 0 radical (unpaired) electrons. The van der Waals surface area contributed by atoms with Crippen LogP contribution in [0.4, 0.5) is 0 Å². The Bertz CT molecular complexity index is 712. The van der Waals surface area contributed by atoms with E-state index in [1.807, 2.05) is 12.1 Å². The molecule has 0 unspecified atom stereocenters. The molecule has 5 heteroatoms. The fraction of sp³-hybridized carbons (Fsp3) is 0.500. The third-order valence-corrected chi connectivity index (χ3v) is 4.67. The zero-order valence-electron chi connectivity index (χ0n) is 14.1. The molecule has 2 heterocycles. The Morgan fingerprint density at radius 1 is 1.22 bits per heavy atom. The largest absolute Gasteiger partial charge is 0.478 e. The molecule has 1 fully saturated rings. The van der Waals surface area contributed by atoms with Gasteiger partial charge in [0, 0.05) is 49.8 Å². The molecule has 1 saturated heterocycles. The van der Waals surface area contributed by atoms with Crippen molar-refractivity contribution in [3.63, 3.8) is 0 Å². The smallest absolute Gasteiger partial charge is 0.337 e. The van der Waals surface area contributed by atoms with Gasteiger partial charge in [0.25, 0.3) is 0 Å². The Kier molecular flexibility index (Phi) is 4.41. The minimum atomic E-state index is -0.859. The van der Waals surface area contributed by atoms with Gasteiger partial charge in [0.1, 0.15) is 0 Å². The first-order valence-electron chi connectivity index (χ1n) is 8.24. The summed E-state index contributed by atoms with van der Waals surface area (Å²) < 4.78 is 2.19. The highest BCUT2D eigenvalue weighted by Gasteiger charge is 2.20. The first kappa shape index (κ1) is 16.0. The summed E-state index contributed by atoms with van der Waals surface area (Å²) in [6.45, 7) is 9.39. The Hall–Kier alpha value is -1.85. The van der Waals surface area contributed by atoms with Gasteiger partial charge in [0.2, 0.25) is 0 Å². The summed E-state index contributed by atoms with van der Waals surface area (Å²) in [4.78, 5) is 16.4. The SMILES string of the molecule is CC(C)n1c(CN2CCN(C)CC2)cc2cccc(C(=O)O)c21. The summed E-state index contributed by atoms with van der Waals surface area (Å²) in [5.41, 5.74) is 2.44. The molecule has 1 aliphatic rings. The third kappa shape index (κ3) is 3.12. The van der Waals surface area contributed by atoms with Crippen molar-refractivity contribution in [3.8, 4) is 0 Å². The number of aromatic nitrogens is 1. The molecule has 1 aliphatic heterocycles. The average Bonchev–Trinajstić information content (AvgIpc) is 2.87. The number of nitrogens with zero attached hydrogens (tertiary/aromatic N) is 3. The molecule has 2 aromatic rings. The molecule has 3 rings (SSSR count). The first-order chi connectivity index (χ1) is 11.0. The van der Waals surface area contributed by atoms with Crippen LogP contribution in [0.15, 0.2) is 24.3 Å². The van der Waals surface area contributed by atoms with Gasteiger partial charge in [-0.3, -0.25) is 4.90 Å². The van der Waals surface area contributed by atoms with Gasteiger partial charge in [-0.15, -0.1) is 0 Å². The van der Waals surface area contributed by atoms with Crippen LogP contribution in [0, 0.1) is 0 Å². The van der Waals surface area contributed by atoms with Crippen molar-refractivity contribution >= 4 is 16.9 Å². The number of hydrogen-bond donors (Lipinski definition) is 1. The van der Waals surface area contributed by atoms with Crippen LogP contribution in [0.5, 0.6) is 0 Å². The van der Waals surface area contributed by atoms with Gasteiger partial charge in [0.15, 0.2) is 0 Å². The highest BCUT2D eigenvalue weighted by Crippen LogP contribution is 2.28. The van der Waals surface area contributed by atoms with Crippen LogP contribution in [-0.4, -0.2) is 58.7 Å². The lowest BCUT2D eigenvalue weighted by Crippen LogP contribution is -2.44. The minimum Gasteiger partial charge on any atom is -0.478 e. The van der Waals surface area contributed by atoms with Gasteiger partial charge in [-0.25, -0.2) is 4.79 Å². The summed E-state index contributed by atoms with van der Waals surface area (Å²) in [5, 5.41) is 10.5. The monoisotopic (exact) mass is 315 g/mol. The molecule has 0 bridgehead atoms. The maximum atomic E-state index is 11.6. The number of likely N-dealkylation sites (N-methyl/N-ethyl adjacent to an activating group) is 1. The van der Waals surface area contributed by atoms with Gasteiger partial charge in [-0.2, -0.15) is 0 Å². The zero-order valence-corrected chi connectivity index (χ0v) is 14.1. The highest BCUT2D eigenvalue weighted by atomic mass is 16.4. The van der Waals surface area contributed by atoms with E-state index in [1.165, 1.54) is 5.69 Å². The molecule has 0 amide bonds. The molecule has 0 spiro atoms. The Labute approximate surface area is 137 Å². The number of piperazine rings is 1. The number of aromatic carboxylic acids is 1. The van der Waals surface area contributed by atoms with Crippen LogP contribution < -0.4 is 0 Å². The second kappa shape index (κ2) is 6.34. The van der Waals surface area contributed by atoms with Crippen LogP contribution in [0.1, 0.15) is 35.9 Å². The van der Waals surface area contributed by atoms with Gasteiger partial charge < -0.3 is 14.6 Å². The molecule has 1 aromatic heterocycles. The number of carboxylic acids is 1. The van der Waals surface area contributed by atoms with E-state index < -0.39 is 5.97 Å². The molecular formula is C18H25N3O2. The van der Waals surface area contributed by atoms with Gasteiger partial charge in [0.05, 0.1) is 11.1 Å². The normalized spacial score (nSPS) is 17.2. The highest BCUT2D eigenvalue weighted by molar-refractivity contribution is 6.02. The molecule has 5 nitrogen and oxygen atoms in total. The molecular weight excluding hydrogens is 290 g/mol. The Balaban J connectivity index is 2.01. The fourth-order valence-electron chi connectivity index (χ4n) is 3.46. The lowest BCUT2D eigenvalue weighted by atomic mass is 10.1. The number of fused-ring (bicyclic) bond motifs is 1. The van der Waals surface area contributed by atoms with E-state index in [-0.39, 0.29) is 6.04 Å². The minimum absolute atomic E-state index is 0.232. The van der Waals surface area contributed by atoms with E-state index in [0.29, 0.717) is 5.56 Å². The predicted molar refractivity (Wildman–Crippen MR) is 92.1 cm³/mol. The Morgan fingerprint density at radius 3 is 2.52 bits per heavy atom. The molecule has 0 saturated carbocycles. The van der Waals surface area contributed by atoms with Gasteiger partial charge in [-0.1, -0.05) is 12.1 Å². The molecule has 0 atom stereocenters. The van der Waals surface area contributed by atoms with Crippen molar-refractivity contribution in [3.05, 3.63) is 35.5 Å². The first-order valence-corrected chi connectivity index (χ1v) is 8.24. The van der Waals surface area contributed by atoms with Crippen LogP contribution in [-0.2, 0) is 6.54 Å². The van der Waals surface area contributed by atoms with Crippen molar-refractivity contribution in [1.29, 1.82) is 0 Å². The molecule has 23 heavy (non-hydrogen) atoms. The van der Waals surface area contributed by atoms with E-state index in [9.17, 15) is 9.90 Å². The zero-order chi connectivity index (χ0) is 16.6. The van der Waals surface area contributed by atoms with Crippen molar-refractivity contribution in [2.24, 2.45) is 0 Å². The summed E-state index contributed by atoms with van der Waals surface area (Å²) >= 11 is 0. The fourth-order valence-corrected chi connectivity index (χ4v) is 3.46. The van der Waals surface area contributed by atoms with E-state index >= 15 is 0 Å². The summed E-state index contributed by atoms with van der Waals surface area (Å²) in [7, 11) is 2.15. The number of rotatable bonds is 4. The van der Waals surface area contributed by atoms with Crippen molar-refractivity contribution in [2.45, 2.75) is 26.4 Å². The van der Waals surface area contributed by atoms with E-state index in [0.717, 1.165) is 43.6 Å². The summed E-state index contributed by atoms with van der Waals surface area (Å²) in [6.07, 6.45) is 0. The average molecular weight is 315 g/mol. The standard InChI is InChI=1S/C18H25N3O2/c1-13(2)21-15(12-20-9-7-19(3)8-10-20)11-14-5-4-6-16(17(14)21)18(22)23/h4-6,11,13H,7-10,12H2,1-3H3,(H,22,23). The topological polar surface area (TPSA) is 48.7 Å². The molecule has 1 aromatic carbocycles. The van der Waals surface area contributed by atoms with Crippen LogP contribution in [0.2, 0.25) is 0 Å². The number of hydrogen-bond acceptors (Lipinski definition) is 3. The predicted octanol–water partition coefficient (Wildman–Crippen LogP) is 2.67. The second-order valence-corrected chi connectivity index (χ2v) is 6.73. The number of para-hydroxylation sites is 1. The van der Waals surface area contributed by atoms with E-state index in [1.54, 1.807) is 6.07 Å². The number of carboxylic acid groups (broad SMARTS) is 1. The quantitative estimate of drug-likeness (QED) is 0.942. The van der Waals surface area contributed by atoms with Crippen LogP contribution in [0.3, 0.4) is 0 Å². The maximum Gasteiger partial charge on any atom is 0.337 e. The third-order valence-electron chi connectivity index (χ3n) is 4.67. The van der Waals surface area contributed by atoms with Crippen LogP contribution in [0.25, 0.3) is 10.9 Å². The van der Waals surface area contributed by atoms with Crippen molar-refractivity contribution in [1.82, 2.24) is 14.4 Å². The van der Waals surface area contributed by atoms with Gasteiger partial charge >= 0.3 is 5.97 Å². The summed E-state index contributed by atoms with van der Waals surface area (Å²) in [6, 6.07) is 7.92. The van der Waals surface area contributed by atoms with E-state index in [4.69, 9.17) is 0 Å². The van der Waals surface area contributed by atoms with E-state index in [2.05, 4.69) is 41.3 Å². The lowest BCUT2D eigenvalue weighted by molar-refractivity contribution is 0.0698. The van der Waals surface area contributed by atoms with Crippen LogP contribution >= 0.6 is 0 Å². The van der Waals surface area contributed by atoms with Gasteiger partial charge in [-0.05, 0) is 33.0 Å². The second-order valence-electron chi connectivity index (χ2n) is 6.73. The number of benzene rings is 1. The summed E-state index contributed by atoms with van der Waals surface area (Å²) in [5.74, 6) is -0.859. The van der Waals surface area contributed by atoms with Crippen molar-refractivity contribution < 1.29 is 9.90 Å². The van der Waals surface area contributed by atoms with Crippen molar-refractivity contribution in [2.75, 3.05) is 33.2 Å². The molecule has 124 valence electrons.